The van der Waals surface area contributed by atoms with Gasteiger partial charge in [0.1, 0.15) is 5.75 Å². The highest BCUT2D eigenvalue weighted by Crippen LogP contribution is 2.29. The summed E-state index contributed by atoms with van der Waals surface area (Å²) in [5.41, 5.74) is 2.40. The van der Waals surface area contributed by atoms with Crippen LogP contribution in [0, 0.1) is 0 Å². The number of rotatable bonds is 6. The van der Waals surface area contributed by atoms with Crippen LogP contribution in [0.3, 0.4) is 0 Å². The Bertz CT molecular complexity index is 791. The topological polar surface area (TPSA) is 37.4 Å². The normalized spacial score (nSPS) is 16.2. The second kappa shape index (κ2) is 7.42. The van der Waals surface area contributed by atoms with Crippen molar-refractivity contribution >= 4 is 26.7 Å². The molecule has 4 rings (SSSR count). The first kappa shape index (κ1) is 16.4. The number of nitrogens with zero attached hydrogens (tertiary/aromatic N) is 2. The molecule has 5 heteroatoms. The van der Waals surface area contributed by atoms with Crippen LogP contribution >= 0.6 is 11.3 Å². The molecule has 3 aromatic rings. The predicted molar refractivity (Wildman–Crippen MR) is 105 cm³/mol. The maximum atomic E-state index is 5.30. The minimum Gasteiger partial charge on any atom is -0.497 e. The van der Waals surface area contributed by atoms with Crippen molar-refractivity contribution in [3.8, 4) is 5.75 Å². The number of methoxy groups -OCH3 is 1. The molecule has 0 amide bonds. The summed E-state index contributed by atoms with van der Waals surface area (Å²) in [7, 11) is 1.71. The van der Waals surface area contributed by atoms with E-state index in [1.807, 2.05) is 6.07 Å². The first-order valence-corrected chi connectivity index (χ1v) is 9.62. The molecular weight excluding hydrogens is 330 g/mol. The van der Waals surface area contributed by atoms with Crippen molar-refractivity contribution < 1.29 is 4.74 Å². The molecule has 130 valence electrons. The van der Waals surface area contributed by atoms with Crippen LogP contribution in [0.1, 0.15) is 24.4 Å². The number of nitrogens with one attached hydrogen (secondary N) is 1. The molecule has 0 saturated carbocycles. The number of aromatic nitrogens is 1. The van der Waals surface area contributed by atoms with E-state index in [-0.39, 0.29) is 0 Å². The van der Waals surface area contributed by atoms with Crippen LogP contribution in [0.5, 0.6) is 5.75 Å². The lowest BCUT2D eigenvalue weighted by Gasteiger charge is -2.28. The zero-order valence-corrected chi connectivity index (χ0v) is 15.3. The maximum Gasteiger partial charge on any atom is 0.183 e. The van der Waals surface area contributed by atoms with Gasteiger partial charge in [0.25, 0.3) is 0 Å². The van der Waals surface area contributed by atoms with E-state index >= 15 is 0 Å². The highest BCUT2D eigenvalue weighted by Gasteiger charge is 2.23. The third-order valence-electron chi connectivity index (χ3n) is 4.82. The Kier molecular flexibility index (Phi) is 4.85. The third-order valence-corrected chi connectivity index (χ3v) is 5.82. The molecule has 25 heavy (non-hydrogen) atoms. The summed E-state index contributed by atoms with van der Waals surface area (Å²) >= 11 is 1.72. The van der Waals surface area contributed by atoms with E-state index in [0.717, 1.165) is 36.0 Å². The van der Waals surface area contributed by atoms with E-state index in [2.05, 4.69) is 52.7 Å². The smallest absolute Gasteiger partial charge is 0.183 e. The number of para-hydroxylation sites is 1. The molecule has 0 aliphatic carbocycles. The molecule has 1 fully saturated rings. The van der Waals surface area contributed by atoms with Gasteiger partial charge >= 0.3 is 0 Å². The van der Waals surface area contributed by atoms with Gasteiger partial charge in [0.15, 0.2) is 5.13 Å². The van der Waals surface area contributed by atoms with Crippen LogP contribution in [-0.2, 0) is 0 Å². The zero-order chi connectivity index (χ0) is 17.1. The van der Waals surface area contributed by atoms with Crippen LogP contribution in [0.4, 0.5) is 5.13 Å². The second-order valence-electron chi connectivity index (χ2n) is 6.40. The van der Waals surface area contributed by atoms with Gasteiger partial charge in [-0.2, -0.15) is 0 Å². The van der Waals surface area contributed by atoms with Crippen LogP contribution in [0.15, 0.2) is 48.5 Å². The van der Waals surface area contributed by atoms with Gasteiger partial charge in [-0.1, -0.05) is 35.6 Å². The lowest BCUT2D eigenvalue weighted by Crippen LogP contribution is -2.31. The van der Waals surface area contributed by atoms with Crippen molar-refractivity contribution in [1.82, 2.24) is 9.88 Å². The largest absolute Gasteiger partial charge is 0.497 e. The quantitative estimate of drug-likeness (QED) is 0.705. The van der Waals surface area contributed by atoms with E-state index in [0.29, 0.717) is 6.04 Å². The summed E-state index contributed by atoms with van der Waals surface area (Å²) in [4.78, 5) is 7.27. The Balaban J connectivity index is 1.52. The van der Waals surface area contributed by atoms with Crippen LogP contribution in [0.2, 0.25) is 0 Å². The fourth-order valence-corrected chi connectivity index (χ4v) is 4.34. The molecule has 0 bridgehead atoms. The van der Waals surface area contributed by atoms with Gasteiger partial charge < -0.3 is 10.1 Å². The van der Waals surface area contributed by atoms with E-state index in [4.69, 9.17) is 9.72 Å². The molecule has 1 atom stereocenters. The number of fused-ring (bicyclic) bond motifs is 1. The predicted octanol–water partition coefficient (Wildman–Crippen LogP) is 4.55. The van der Waals surface area contributed by atoms with Crippen molar-refractivity contribution in [3.63, 3.8) is 0 Å². The van der Waals surface area contributed by atoms with Crippen molar-refractivity contribution in [3.05, 3.63) is 54.1 Å². The molecule has 4 nitrogen and oxygen atoms in total. The molecule has 0 radical (unpaired) electrons. The molecule has 0 spiro atoms. The number of thiazole rings is 1. The number of benzene rings is 2. The first-order valence-electron chi connectivity index (χ1n) is 8.81. The summed E-state index contributed by atoms with van der Waals surface area (Å²) < 4.78 is 6.53. The van der Waals surface area contributed by atoms with Crippen molar-refractivity contribution in [2.24, 2.45) is 0 Å². The van der Waals surface area contributed by atoms with Gasteiger partial charge in [0.05, 0.1) is 23.4 Å². The monoisotopic (exact) mass is 353 g/mol. The van der Waals surface area contributed by atoms with Crippen molar-refractivity contribution in [1.29, 1.82) is 0 Å². The lowest BCUT2D eigenvalue weighted by molar-refractivity contribution is 0.256. The van der Waals surface area contributed by atoms with E-state index in [1.165, 1.54) is 23.1 Å². The SMILES string of the molecule is COc1ccc(C(CNc2nc3ccccc3s2)N2CCCC2)cc1. The summed E-state index contributed by atoms with van der Waals surface area (Å²) in [6.45, 7) is 3.20. The Morgan fingerprint density at radius 3 is 2.60 bits per heavy atom. The standard InChI is InChI=1S/C20H23N3OS/c1-24-16-10-8-15(9-11-16)18(23-12-4-5-13-23)14-21-20-22-17-6-2-3-7-19(17)25-20/h2-3,6-11,18H,4-5,12-14H2,1H3,(H,21,22). The summed E-state index contributed by atoms with van der Waals surface area (Å²) in [6, 6.07) is 17.1. The van der Waals surface area contributed by atoms with Gasteiger partial charge in [-0.3, -0.25) is 4.90 Å². The summed E-state index contributed by atoms with van der Waals surface area (Å²) in [5, 5.41) is 4.57. The second-order valence-corrected chi connectivity index (χ2v) is 7.43. The number of hydrogen-bond donors (Lipinski definition) is 1. The van der Waals surface area contributed by atoms with Crippen LogP contribution in [-0.4, -0.2) is 36.6 Å². The number of anilines is 1. The van der Waals surface area contributed by atoms with Crippen LogP contribution < -0.4 is 10.1 Å². The molecule has 1 saturated heterocycles. The Labute approximate surface area is 152 Å². The van der Waals surface area contributed by atoms with Gasteiger partial charge in [0, 0.05) is 6.54 Å². The molecule has 1 N–H and O–H groups in total. The summed E-state index contributed by atoms with van der Waals surface area (Å²) in [5.74, 6) is 0.906. The van der Waals surface area contributed by atoms with Gasteiger partial charge in [-0.25, -0.2) is 4.98 Å². The molecule has 1 aromatic heterocycles. The highest BCUT2D eigenvalue weighted by molar-refractivity contribution is 7.22. The third kappa shape index (κ3) is 3.62. The number of likely N-dealkylation sites (tertiary alicyclic amines) is 1. The van der Waals surface area contributed by atoms with E-state index in [1.54, 1.807) is 18.4 Å². The first-order chi connectivity index (χ1) is 12.3. The fraction of sp³-hybridized carbons (Fsp3) is 0.350. The van der Waals surface area contributed by atoms with Gasteiger partial charge in [-0.15, -0.1) is 0 Å². The summed E-state index contributed by atoms with van der Waals surface area (Å²) in [6.07, 6.45) is 2.57. The molecule has 1 unspecified atom stereocenters. The average molecular weight is 353 g/mol. The molecule has 1 aliphatic heterocycles. The molecule has 1 aliphatic rings. The zero-order valence-electron chi connectivity index (χ0n) is 14.4. The van der Waals surface area contributed by atoms with Gasteiger partial charge in [-0.05, 0) is 55.8 Å². The Hall–Kier alpha value is -2.11. The van der Waals surface area contributed by atoms with Gasteiger partial charge in [0.2, 0.25) is 0 Å². The highest BCUT2D eigenvalue weighted by atomic mass is 32.1. The Morgan fingerprint density at radius 2 is 1.88 bits per heavy atom. The Morgan fingerprint density at radius 1 is 1.12 bits per heavy atom. The molecular formula is C20H23N3OS. The number of hydrogen-bond acceptors (Lipinski definition) is 5. The lowest BCUT2D eigenvalue weighted by atomic mass is 10.1. The van der Waals surface area contributed by atoms with Crippen molar-refractivity contribution in [2.75, 3.05) is 32.1 Å². The minimum atomic E-state index is 0.361. The minimum absolute atomic E-state index is 0.361. The van der Waals surface area contributed by atoms with E-state index in [9.17, 15) is 0 Å². The molecule has 2 aromatic carbocycles. The average Bonchev–Trinajstić information content (AvgIpc) is 3.32. The molecule has 2 heterocycles. The number of ether oxygens (including phenoxy) is 1. The van der Waals surface area contributed by atoms with E-state index < -0.39 is 0 Å². The van der Waals surface area contributed by atoms with Crippen molar-refractivity contribution in [2.45, 2.75) is 18.9 Å². The maximum absolute atomic E-state index is 5.30. The fourth-order valence-electron chi connectivity index (χ4n) is 3.47. The van der Waals surface area contributed by atoms with Crippen LogP contribution in [0.25, 0.3) is 10.2 Å².